The van der Waals surface area contributed by atoms with Crippen LogP contribution < -0.4 is 0 Å². The van der Waals surface area contributed by atoms with Crippen LogP contribution in [0.5, 0.6) is 0 Å². The van der Waals surface area contributed by atoms with E-state index in [2.05, 4.69) is 11.9 Å². The maximum atomic E-state index is 10.9. The van der Waals surface area contributed by atoms with Gasteiger partial charge in [0.25, 0.3) is 0 Å². The van der Waals surface area contributed by atoms with Crippen LogP contribution in [-0.4, -0.2) is 22.7 Å². The standard InChI is InChI=1S/C16H19NO3S/c1-3-5-14(20-4-2)15-17-13(10-21-15)11-6-8-12(9-7-11)16(18)19/h6-10,14H,3-5H2,1-2H3,(H,18,19). The minimum absolute atomic E-state index is 0.0528. The van der Waals surface area contributed by atoms with E-state index < -0.39 is 5.97 Å². The Morgan fingerprint density at radius 2 is 2.05 bits per heavy atom. The third-order valence-corrected chi connectivity index (χ3v) is 4.08. The molecule has 0 aliphatic rings. The van der Waals surface area contributed by atoms with Crippen molar-refractivity contribution in [3.8, 4) is 11.3 Å². The molecule has 1 aromatic heterocycles. The number of thiazole rings is 1. The van der Waals surface area contributed by atoms with Crippen LogP contribution in [0, 0.1) is 0 Å². The number of benzene rings is 1. The molecular weight excluding hydrogens is 286 g/mol. The highest BCUT2D eigenvalue weighted by molar-refractivity contribution is 7.10. The van der Waals surface area contributed by atoms with Gasteiger partial charge in [0.15, 0.2) is 0 Å². The zero-order valence-corrected chi connectivity index (χ0v) is 13.0. The molecule has 0 saturated carbocycles. The zero-order valence-electron chi connectivity index (χ0n) is 12.2. The van der Waals surface area contributed by atoms with Crippen LogP contribution in [0.1, 0.15) is 48.2 Å². The molecule has 0 aliphatic heterocycles. The quantitative estimate of drug-likeness (QED) is 0.824. The van der Waals surface area contributed by atoms with E-state index in [1.54, 1.807) is 35.6 Å². The Labute approximate surface area is 128 Å². The van der Waals surface area contributed by atoms with E-state index in [0.717, 1.165) is 29.1 Å². The lowest BCUT2D eigenvalue weighted by Crippen LogP contribution is -2.03. The second kappa shape index (κ2) is 7.33. The number of aromatic nitrogens is 1. The van der Waals surface area contributed by atoms with E-state index in [1.165, 1.54) is 0 Å². The van der Waals surface area contributed by atoms with Crippen LogP contribution in [-0.2, 0) is 4.74 Å². The SMILES string of the molecule is CCCC(OCC)c1nc(-c2ccc(C(=O)O)cc2)cs1. The lowest BCUT2D eigenvalue weighted by Gasteiger charge is -2.12. The monoisotopic (exact) mass is 305 g/mol. The molecule has 1 unspecified atom stereocenters. The van der Waals surface area contributed by atoms with Gasteiger partial charge in [0, 0.05) is 17.6 Å². The Morgan fingerprint density at radius 1 is 1.33 bits per heavy atom. The number of rotatable bonds is 7. The number of aromatic carboxylic acids is 1. The number of hydrogen-bond acceptors (Lipinski definition) is 4. The summed E-state index contributed by atoms with van der Waals surface area (Å²) in [7, 11) is 0. The number of ether oxygens (including phenoxy) is 1. The summed E-state index contributed by atoms with van der Waals surface area (Å²) in [6, 6.07) is 6.78. The first-order valence-electron chi connectivity index (χ1n) is 7.06. The first-order valence-corrected chi connectivity index (χ1v) is 7.94. The van der Waals surface area contributed by atoms with Gasteiger partial charge in [-0.2, -0.15) is 0 Å². The molecule has 5 heteroatoms. The highest BCUT2D eigenvalue weighted by Gasteiger charge is 2.15. The molecule has 0 radical (unpaired) electrons. The predicted molar refractivity (Wildman–Crippen MR) is 83.8 cm³/mol. The fourth-order valence-corrected chi connectivity index (χ4v) is 3.00. The van der Waals surface area contributed by atoms with Crippen LogP contribution in [0.2, 0.25) is 0 Å². The molecule has 4 nitrogen and oxygen atoms in total. The molecule has 0 spiro atoms. The van der Waals surface area contributed by atoms with Gasteiger partial charge in [-0.3, -0.25) is 0 Å². The smallest absolute Gasteiger partial charge is 0.335 e. The van der Waals surface area contributed by atoms with Crippen molar-refractivity contribution in [2.45, 2.75) is 32.8 Å². The summed E-state index contributed by atoms with van der Waals surface area (Å²) in [6.07, 6.45) is 2.06. The number of carboxylic acids is 1. The van der Waals surface area contributed by atoms with E-state index in [0.29, 0.717) is 6.61 Å². The Bertz CT molecular complexity index is 586. The van der Waals surface area contributed by atoms with Crippen molar-refractivity contribution in [1.29, 1.82) is 0 Å². The van der Waals surface area contributed by atoms with Gasteiger partial charge in [0.2, 0.25) is 0 Å². The molecule has 1 atom stereocenters. The fourth-order valence-electron chi connectivity index (χ4n) is 2.09. The van der Waals surface area contributed by atoms with Gasteiger partial charge in [-0.1, -0.05) is 25.5 Å². The molecule has 0 bridgehead atoms. The molecule has 1 N–H and O–H groups in total. The molecule has 0 aliphatic carbocycles. The number of carboxylic acid groups (broad SMARTS) is 1. The van der Waals surface area contributed by atoms with E-state index in [4.69, 9.17) is 9.84 Å². The second-order valence-electron chi connectivity index (χ2n) is 4.69. The molecule has 21 heavy (non-hydrogen) atoms. The summed E-state index contributed by atoms with van der Waals surface area (Å²) in [5.74, 6) is -0.917. The zero-order chi connectivity index (χ0) is 15.2. The van der Waals surface area contributed by atoms with Crippen molar-refractivity contribution < 1.29 is 14.6 Å². The Hall–Kier alpha value is -1.72. The van der Waals surface area contributed by atoms with Crippen LogP contribution in [0.4, 0.5) is 0 Å². The van der Waals surface area contributed by atoms with Crippen molar-refractivity contribution in [1.82, 2.24) is 4.98 Å². The van der Waals surface area contributed by atoms with Crippen molar-refractivity contribution >= 4 is 17.3 Å². The van der Waals surface area contributed by atoms with Crippen molar-refractivity contribution in [3.05, 3.63) is 40.2 Å². The average molecular weight is 305 g/mol. The molecule has 1 heterocycles. The first-order chi connectivity index (χ1) is 10.2. The van der Waals surface area contributed by atoms with Crippen molar-refractivity contribution in [2.24, 2.45) is 0 Å². The summed E-state index contributed by atoms with van der Waals surface area (Å²) < 4.78 is 5.74. The normalized spacial score (nSPS) is 12.3. The Kier molecular flexibility index (Phi) is 5.47. The van der Waals surface area contributed by atoms with Crippen LogP contribution >= 0.6 is 11.3 Å². The summed E-state index contributed by atoms with van der Waals surface area (Å²) >= 11 is 1.59. The third kappa shape index (κ3) is 3.89. The van der Waals surface area contributed by atoms with Gasteiger partial charge in [0.1, 0.15) is 11.1 Å². The van der Waals surface area contributed by atoms with Gasteiger partial charge in [-0.15, -0.1) is 11.3 Å². The third-order valence-electron chi connectivity index (χ3n) is 3.14. The van der Waals surface area contributed by atoms with Crippen molar-refractivity contribution in [3.63, 3.8) is 0 Å². The summed E-state index contributed by atoms with van der Waals surface area (Å²) in [6.45, 7) is 4.79. The van der Waals surface area contributed by atoms with Crippen LogP contribution in [0.25, 0.3) is 11.3 Å². The van der Waals surface area contributed by atoms with Crippen LogP contribution in [0.3, 0.4) is 0 Å². The summed E-state index contributed by atoms with van der Waals surface area (Å²) in [5.41, 5.74) is 2.08. The van der Waals surface area contributed by atoms with E-state index in [-0.39, 0.29) is 11.7 Å². The number of hydrogen-bond donors (Lipinski definition) is 1. The number of nitrogens with zero attached hydrogens (tertiary/aromatic N) is 1. The lowest BCUT2D eigenvalue weighted by molar-refractivity contribution is 0.0555. The minimum atomic E-state index is -0.917. The molecule has 0 fully saturated rings. The van der Waals surface area contributed by atoms with Gasteiger partial charge in [0.05, 0.1) is 11.3 Å². The van der Waals surface area contributed by atoms with Crippen molar-refractivity contribution in [2.75, 3.05) is 6.61 Å². The molecule has 0 saturated heterocycles. The summed E-state index contributed by atoms with van der Waals surface area (Å²) in [5, 5.41) is 11.9. The largest absolute Gasteiger partial charge is 0.478 e. The molecule has 0 amide bonds. The predicted octanol–water partition coefficient (Wildman–Crippen LogP) is 4.39. The van der Waals surface area contributed by atoms with Gasteiger partial charge < -0.3 is 9.84 Å². The topological polar surface area (TPSA) is 59.4 Å². The Morgan fingerprint density at radius 3 is 2.62 bits per heavy atom. The maximum Gasteiger partial charge on any atom is 0.335 e. The van der Waals surface area contributed by atoms with E-state index in [1.807, 2.05) is 12.3 Å². The minimum Gasteiger partial charge on any atom is -0.478 e. The van der Waals surface area contributed by atoms with E-state index >= 15 is 0 Å². The molecule has 2 rings (SSSR count). The molecule has 2 aromatic rings. The van der Waals surface area contributed by atoms with E-state index in [9.17, 15) is 4.79 Å². The first kappa shape index (κ1) is 15.7. The number of carbonyl (C=O) groups is 1. The van der Waals surface area contributed by atoms with Gasteiger partial charge in [-0.25, -0.2) is 9.78 Å². The van der Waals surface area contributed by atoms with Crippen LogP contribution in [0.15, 0.2) is 29.6 Å². The maximum absolute atomic E-state index is 10.9. The van der Waals surface area contributed by atoms with Gasteiger partial charge in [-0.05, 0) is 25.5 Å². The van der Waals surface area contributed by atoms with Gasteiger partial charge >= 0.3 is 5.97 Å². The molecular formula is C16H19NO3S. The average Bonchev–Trinajstić information content (AvgIpc) is 2.97. The molecule has 112 valence electrons. The highest BCUT2D eigenvalue weighted by Crippen LogP contribution is 2.30. The Balaban J connectivity index is 2.20. The summed E-state index contributed by atoms with van der Waals surface area (Å²) in [4.78, 5) is 15.5. The fraction of sp³-hybridized carbons (Fsp3) is 0.375. The second-order valence-corrected chi connectivity index (χ2v) is 5.58. The highest BCUT2D eigenvalue weighted by atomic mass is 32.1. The molecule has 1 aromatic carbocycles. The lowest BCUT2D eigenvalue weighted by atomic mass is 10.1.